The van der Waals surface area contributed by atoms with Crippen molar-refractivity contribution in [3.05, 3.63) is 35.9 Å². The topological polar surface area (TPSA) is 609 Å². The molecule has 2 aliphatic rings. The Labute approximate surface area is 570 Å². The third-order valence-electron chi connectivity index (χ3n) is 15.7. The smallest absolute Gasteiger partial charge is 0.328 e. The summed E-state index contributed by atoms with van der Waals surface area (Å²) in [6.07, 6.45) is -13.3. The van der Waals surface area contributed by atoms with Crippen molar-refractivity contribution < 1.29 is 122 Å². The number of hydrogen-bond donors (Lipinski definition) is 21. The van der Waals surface area contributed by atoms with E-state index >= 15 is 0 Å². The fraction of sp³-hybridized carbons (Fsp3) is 0.689. The molecule has 0 bridgehead atoms. The molecular formula is C61H99N13O25. The van der Waals surface area contributed by atoms with Crippen molar-refractivity contribution in [2.45, 2.75) is 202 Å². The van der Waals surface area contributed by atoms with Gasteiger partial charge < -0.3 is 130 Å². The highest BCUT2D eigenvalue weighted by Gasteiger charge is 2.51. The summed E-state index contributed by atoms with van der Waals surface area (Å²) < 4.78 is 22.8. The van der Waals surface area contributed by atoms with Crippen LogP contribution in [-0.4, -0.2) is 274 Å². The molecule has 0 aliphatic carbocycles. The minimum Gasteiger partial charge on any atom is -0.481 e. The van der Waals surface area contributed by atoms with Crippen LogP contribution < -0.4 is 64.6 Å². The van der Waals surface area contributed by atoms with Crippen molar-refractivity contribution in [3.8, 4) is 0 Å². The number of unbranched alkanes of at least 4 members (excludes halogenated alkanes) is 3. The molecule has 2 fully saturated rings. The van der Waals surface area contributed by atoms with E-state index in [1.807, 2.05) is 19.2 Å². The number of aliphatic carboxylic acids is 2. The van der Waals surface area contributed by atoms with Gasteiger partial charge in [-0.3, -0.25) is 57.7 Å². The predicted octanol–water partition coefficient (Wildman–Crippen LogP) is -7.94. The zero-order chi connectivity index (χ0) is 73.7. The largest absolute Gasteiger partial charge is 0.481 e. The second-order valence-corrected chi connectivity index (χ2v) is 23.6. The minimum absolute atomic E-state index is 0.0170. The van der Waals surface area contributed by atoms with E-state index < -0.39 is 196 Å². The molecule has 2 aliphatic heterocycles. The molecule has 2 heterocycles. The van der Waals surface area contributed by atoms with Crippen LogP contribution in [-0.2, 0) is 82.9 Å². The number of benzene rings is 1. The van der Waals surface area contributed by atoms with Gasteiger partial charge in [0.25, 0.3) is 0 Å². The number of guanidine groups is 1. The highest BCUT2D eigenvalue weighted by atomic mass is 16.7. The minimum atomic E-state index is -1.88. The summed E-state index contributed by atoms with van der Waals surface area (Å²) in [4.78, 5) is 159. The number of aliphatic hydroxyl groups is 7. The molecular weight excluding hydrogens is 1310 g/mol. The molecule has 0 radical (unpaired) electrons. The molecule has 38 heteroatoms. The van der Waals surface area contributed by atoms with Gasteiger partial charge in [0.1, 0.15) is 79.0 Å². The second kappa shape index (κ2) is 45.4. The fourth-order valence-corrected chi connectivity index (χ4v) is 10.0. The number of aliphatic imine (C=N–C) groups is 1. The number of carbonyl (C=O) groups excluding carboxylic acids is 10. The van der Waals surface area contributed by atoms with Gasteiger partial charge in [0.2, 0.25) is 59.1 Å². The maximum absolute atomic E-state index is 14.3. The monoisotopic (exact) mass is 1410 g/mol. The first kappa shape index (κ1) is 84.9. The number of carbonyl (C=O) groups is 12. The van der Waals surface area contributed by atoms with Crippen molar-refractivity contribution in [2.75, 3.05) is 59.2 Å². The zero-order valence-corrected chi connectivity index (χ0v) is 55.5. The van der Waals surface area contributed by atoms with Crippen molar-refractivity contribution in [1.29, 1.82) is 0 Å². The molecule has 0 aromatic heterocycles. The number of aliphatic hydroxyl groups excluding tert-OH is 7. The molecule has 99 heavy (non-hydrogen) atoms. The Hall–Kier alpha value is -8.31. The van der Waals surface area contributed by atoms with Crippen molar-refractivity contribution in [2.24, 2.45) is 22.4 Å². The van der Waals surface area contributed by atoms with E-state index in [2.05, 4.69) is 52.8 Å². The Balaban J connectivity index is 1.74. The molecule has 38 nitrogen and oxygen atoms in total. The highest BCUT2D eigenvalue weighted by molar-refractivity contribution is 5.96. The molecule has 558 valence electrons. The molecule has 1 aromatic rings. The van der Waals surface area contributed by atoms with E-state index in [0.717, 1.165) is 6.92 Å². The molecule has 5 unspecified atom stereocenters. The number of nitrogens with one attached hydrogen (secondary N) is 10. The first-order chi connectivity index (χ1) is 47.0. The van der Waals surface area contributed by atoms with Crippen LogP contribution in [0.2, 0.25) is 0 Å². The van der Waals surface area contributed by atoms with Gasteiger partial charge in [0, 0.05) is 51.7 Å². The Bertz CT molecular complexity index is 2810. The van der Waals surface area contributed by atoms with Crippen LogP contribution >= 0.6 is 0 Å². The van der Waals surface area contributed by atoms with E-state index in [1.54, 1.807) is 30.3 Å². The third-order valence-corrected chi connectivity index (χ3v) is 15.7. The Morgan fingerprint density at radius 3 is 1.74 bits per heavy atom. The van der Waals surface area contributed by atoms with Gasteiger partial charge >= 0.3 is 11.9 Å². The van der Waals surface area contributed by atoms with E-state index in [9.17, 15) is 103 Å². The summed E-state index contributed by atoms with van der Waals surface area (Å²) in [5, 5.41) is 115. The zero-order valence-electron chi connectivity index (χ0n) is 55.5. The Kier molecular flexibility index (Phi) is 38.9. The van der Waals surface area contributed by atoms with Crippen molar-refractivity contribution >= 4 is 77.0 Å². The van der Waals surface area contributed by atoms with Gasteiger partial charge in [-0.15, -0.1) is 0 Å². The van der Waals surface area contributed by atoms with Crippen LogP contribution in [0.4, 0.5) is 0 Å². The maximum atomic E-state index is 14.3. The van der Waals surface area contributed by atoms with Crippen LogP contribution in [0, 0.1) is 5.92 Å². The van der Waals surface area contributed by atoms with E-state index in [4.69, 9.17) is 30.4 Å². The van der Waals surface area contributed by atoms with E-state index in [0.29, 0.717) is 37.8 Å². The summed E-state index contributed by atoms with van der Waals surface area (Å²) in [5.74, 6) is -11.4. The standard InChI is InChI=1S/C61H99N13O25/c1-4-32(2)53(89)65-22-11-6-9-19-43(80)71-37(25-34-15-7-5-8-16-34)56(92)73-36(55(91)68-27-44(81)70-35(18-13-23-66-61(62)63)54(90)67-28-45(82)72-38(26-46(83)84)57(93)74-39(29-75)58(94)95)17-10-12-21-64-42(79)20-14-24-96-59-47(69-33(3)78)49(86)52(41(31-77)98-59)99-60-51(88)50(87)48(85)40(30-76)97-60/h5,7-8,15-16,32,35-41,47-52,59-60,75-77,85-88H,4,6,9-14,17-31H2,1-3H3,(H,64,79)(H,65,89)(H,67,90)(H,68,91)(H,69,78)(H,70,81)(H,71,80)(H,72,82)(H,73,92)(H,74,93)(H,83,84)(H,94,95)(H4,62,63,66)/t32?,35-,36-,37-,38-,39-,40+,41?,47?,48+,49+,50?,51?,52-,59+,60+/m0/s1. The lowest BCUT2D eigenvalue weighted by molar-refractivity contribution is -0.348. The summed E-state index contributed by atoms with van der Waals surface area (Å²) in [6.45, 7) is 0.693. The number of carboxylic acids is 2. The fourth-order valence-electron chi connectivity index (χ4n) is 10.0. The summed E-state index contributed by atoms with van der Waals surface area (Å²) in [7, 11) is 0. The Morgan fingerprint density at radius 2 is 1.14 bits per heavy atom. The summed E-state index contributed by atoms with van der Waals surface area (Å²) in [6, 6.07) is -0.512. The third kappa shape index (κ3) is 31.2. The van der Waals surface area contributed by atoms with Gasteiger partial charge in [-0.1, -0.05) is 50.6 Å². The molecule has 0 saturated carbocycles. The number of ether oxygens (including phenoxy) is 4. The van der Waals surface area contributed by atoms with Gasteiger partial charge in [0.05, 0.1) is 45.9 Å². The van der Waals surface area contributed by atoms with Gasteiger partial charge in [-0.05, 0) is 63.4 Å². The molecule has 16 atom stereocenters. The maximum Gasteiger partial charge on any atom is 0.328 e. The molecule has 0 spiro atoms. The second-order valence-electron chi connectivity index (χ2n) is 23.6. The lowest BCUT2D eigenvalue weighted by Crippen LogP contribution is -2.67. The predicted molar refractivity (Wildman–Crippen MR) is 344 cm³/mol. The van der Waals surface area contributed by atoms with Crippen molar-refractivity contribution in [1.82, 2.24) is 53.2 Å². The number of nitrogens with zero attached hydrogens (tertiary/aromatic N) is 1. The van der Waals surface area contributed by atoms with Gasteiger partial charge in [-0.25, -0.2) is 4.79 Å². The van der Waals surface area contributed by atoms with E-state index in [1.165, 1.54) is 0 Å². The van der Waals surface area contributed by atoms with E-state index in [-0.39, 0.29) is 95.3 Å². The van der Waals surface area contributed by atoms with Crippen molar-refractivity contribution in [3.63, 3.8) is 0 Å². The average molecular weight is 1410 g/mol. The summed E-state index contributed by atoms with van der Waals surface area (Å²) in [5.41, 5.74) is 11.5. The number of nitrogens with two attached hydrogens (primary N) is 2. The van der Waals surface area contributed by atoms with Crippen LogP contribution in [0.5, 0.6) is 0 Å². The highest BCUT2D eigenvalue weighted by Crippen LogP contribution is 2.30. The molecule has 3 rings (SSSR count). The average Bonchev–Trinajstić information content (AvgIpc) is 0.785. The molecule has 1 aromatic carbocycles. The lowest BCUT2D eigenvalue weighted by Gasteiger charge is -2.47. The SMILES string of the molecule is CCC(C)C(=O)NCCCCCC(=O)N[C@@H](Cc1ccccc1)C(=O)N[C@@H](CCCCNC(=O)CCCO[C@@H]1OC(CO)[C@H](O[C@H]2O[C@H](CO)[C@@H](O)C(O)C2O)[C@H](O)C1NC(C)=O)C(=O)NCC(=O)N[C@@H](CCCN=C(N)N)C(=O)NCC(=O)N[C@@H](CC(=O)O)C(=O)N[C@@H](CO)C(=O)O. The van der Waals surface area contributed by atoms with Crippen LogP contribution in [0.3, 0.4) is 0 Å². The molecule has 23 N–H and O–H groups in total. The normalized spacial score (nSPS) is 22.2. The molecule has 10 amide bonds. The number of hydrogen-bond acceptors (Lipinski definition) is 24. The summed E-state index contributed by atoms with van der Waals surface area (Å²) >= 11 is 0. The van der Waals surface area contributed by atoms with Gasteiger partial charge in [-0.2, -0.15) is 0 Å². The first-order valence-electron chi connectivity index (χ1n) is 32.6. The number of carboxylic acid groups (broad SMARTS) is 2. The number of amides is 10. The Morgan fingerprint density at radius 1 is 0.576 bits per heavy atom. The molecule has 2 saturated heterocycles. The lowest BCUT2D eigenvalue weighted by atomic mass is 9.95. The van der Waals surface area contributed by atoms with Gasteiger partial charge in [0.15, 0.2) is 18.5 Å². The first-order valence-corrected chi connectivity index (χ1v) is 32.6. The van der Waals surface area contributed by atoms with Crippen LogP contribution in [0.15, 0.2) is 35.3 Å². The van der Waals surface area contributed by atoms with Crippen LogP contribution in [0.1, 0.15) is 110 Å². The van der Waals surface area contributed by atoms with Crippen LogP contribution in [0.25, 0.3) is 0 Å². The number of rotatable bonds is 46. The quantitative estimate of drug-likeness (QED) is 0.0164.